The standard InChI is InChI=1S/C18H16BrFO5/c1-23-15-7-11(8-16(24-2)18(15)25-3)17(22)12-5-4-10(6-14(12)20)13(19)9-21/h4-9,13H,1-3H3. The van der Waals surface area contributed by atoms with Gasteiger partial charge in [-0.05, 0) is 29.8 Å². The zero-order valence-corrected chi connectivity index (χ0v) is 15.4. The van der Waals surface area contributed by atoms with Crippen LogP contribution in [0.4, 0.5) is 4.39 Å². The molecule has 0 amide bonds. The fourth-order valence-electron chi connectivity index (χ4n) is 2.33. The first-order valence-electron chi connectivity index (χ1n) is 7.20. The van der Waals surface area contributed by atoms with E-state index in [0.29, 0.717) is 29.1 Å². The number of hydrogen-bond donors (Lipinski definition) is 0. The lowest BCUT2D eigenvalue weighted by Gasteiger charge is -2.14. The fourth-order valence-corrected chi connectivity index (χ4v) is 2.62. The highest BCUT2D eigenvalue weighted by atomic mass is 79.9. The van der Waals surface area contributed by atoms with E-state index in [1.807, 2.05) is 0 Å². The van der Waals surface area contributed by atoms with Crippen LogP contribution < -0.4 is 14.2 Å². The molecule has 0 saturated carbocycles. The van der Waals surface area contributed by atoms with E-state index in [2.05, 4.69) is 15.9 Å². The number of rotatable bonds is 7. The van der Waals surface area contributed by atoms with Gasteiger partial charge in [0.25, 0.3) is 0 Å². The first-order valence-corrected chi connectivity index (χ1v) is 8.11. The number of aldehydes is 1. The highest BCUT2D eigenvalue weighted by Crippen LogP contribution is 2.38. The van der Waals surface area contributed by atoms with Gasteiger partial charge in [0.1, 0.15) is 12.1 Å². The van der Waals surface area contributed by atoms with Crippen LogP contribution >= 0.6 is 15.9 Å². The van der Waals surface area contributed by atoms with Crippen LogP contribution in [0.1, 0.15) is 26.3 Å². The number of carbonyl (C=O) groups is 2. The summed E-state index contributed by atoms with van der Waals surface area (Å²) < 4.78 is 30.0. The van der Waals surface area contributed by atoms with E-state index in [4.69, 9.17) is 14.2 Å². The summed E-state index contributed by atoms with van der Waals surface area (Å²) >= 11 is 3.11. The van der Waals surface area contributed by atoms with Gasteiger partial charge in [0.15, 0.2) is 17.3 Å². The number of ketones is 1. The van der Waals surface area contributed by atoms with Gasteiger partial charge in [-0.1, -0.05) is 22.0 Å². The third-order valence-corrected chi connectivity index (χ3v) is 4.35. The van der Waals surface area contributed by atoms with Gasteiger partial charge in [0.05, 0.1) is 31.7 Å². The lowest BCUT2D eigenvalue weighted by atomic mass is 10.00. The van der Waals surface area contributed by atoms with Crippen molar-refractivity contribution in [3.8, 4) is 17.2 Å². The molecule has 0 heterocycles. The Labute approximate surface area is 152 Å². The van der Waals surface area contributed by atoms with E-state index in [-0.39, 0.29) is 11.1 Å². The predicted molar refractivity (Wildman–Crippen MR) is 93.7 cm³/mol. The van der Waals surface area contributed by atoms with Gasteiger partial charge in [-0.3, -0.25) is 4.79 Å². The summed E-state index contributed by atoms with van der Waals surface area (Å²) in [5.41, 5.74) is 0.490. The third-order valence-electron chi connectivity index (χ3n) is 3.60. The van der Waals surface area contributed by atoms with Gasteiger partial charge in [-0.15, -0.1) is 0 Å². The van der Waals surface area contributed by atoms with Crippen molar-refractivity contribution in [1.82, 2.24) is 0 Å². The van der Waals surface area contributed by atoms with Crippen molar-refractivity contribution in [3.63, 3.8) is 0 Å². The molecule has 5 nitrogen and oxygen atoms in total. The second-order valence-corrected chi connectivity index (χ2v) is 6.01. The van der Waals surface area contributed by atoms with Crippen LogP contribution in [0.2, 0.25) is 0 Å². The van der Waals surface area contributed by atoms with Gasteiger partial charge < -0.3 is 19.0 Å². The summed E-state index contributed by atoms with van der Waals surface area (Å²) in [5, 5.41) is 0. The molecular weight excluding hydrogens is 395 g/mol. The smallest absolute Gasteiger partial charge is 0.203 e. The fraction of sp³-hybridized carbons (Fsp3) is 0.222. The SMILES string of the molecule is COc1cc(C(=O)c2ccc(C(Br)C=O)cc2F)cc(OC)c1OC. The van der Waals surface area contributed by atoms with Crippen molar-refractivity contribution in [1.29, 1.82) is 0 Å². The van der Waals surface area contributed by atoms with Crippen LogP contribution in [-0.2, 0) is 4.79 Å². The van der Waals surface area contributed by atoms with E-state index < -0.39 is 16.4 Å². The largest absolute Gasteiger partial charge is 0.493 e. The minimum atomic E-state index is -0.720. The highest BCUT2D eigenvalue weighted by molar-refractivity contribution is 9.09. The predicted octanol–water partition coefficient (Wildman–Crippen LogP) is 3.72. The van der Waals surface area contributed by atoms with E-state index in [0.717, 1.165) is 6.07 Å². The number of carbonyl (C=O) groups excluding carboxylic acids is 2. The lowest BCUT2D eigenvalue weighted by molar-refractivity contribution is -0.107. The molecule has 2 aromatic rings. The topological polar surface area (TPSA) is 61.8 Å². The molecule has 1 unspecified atom stereocenters. The molecule has 0 aliphatic heterocycles. The Bertz CT molecular complexity index is 781. The van der Waals surface area contributed by atoms with Gasteiger partial charge in [-0.25, -0.2) is 4.39 Å². The molecule has 0 spiro atoms. The molecule has 132 valence electrons. The molecule has 1 atom stereocenters. The molecule has 25 heavy (non-hydrogen) atoms. The molecule has 2 aromatic carbocycles. The molecule has 0 radical (unpaired) electrons. The number of halogens is 2. The van der Waals surface area contributed by atoms with Crippen molar-refractivity contribution < 1.29 is 28.2 Å². The zero-order chi connectivity index (χ0) is 18.6. The molecule has 0 bridgehead atoms. The number of hydrogen-bond acceptors (Lipinski definition) is 5. The van der Waals surface area contributed by atoms with Gasteiger partial charge in [-0.2, -0.15) is 0 Å². The number of benzene rings is 2. The molecule has 0 aromatic heterocycles. The maximum atomic E-state index is 14.3. The summed E-state index contributed by atoms with van der Waals surface area (Å²) in [6.07, 6.45) is 0.634. The van der Waals surface area contributed by atoms with Crippen LogP contribution in [0.3, 0.4) is 0 Å². The molecule has 2 rings (SSSR count). The quantitative estimate of drug-likeness (QED) is 0.395. The molecule has 0 fully saturated rings. The summed E-state index contributed by atoms with van der Waals surface area (Å²) in [5.74, 6) is -0.332. The molecule has 7 heteroatoms. The summed E-state index contributed by atoms with van der Waals surface area (Å²) in [6, 6.07) is 6.92. The van der Waals surface area contributed by atoms with Crippen LogP contribution in [0, 0.1) is 5.82 Å². The Kier molecular flexibility index (Phi) is 6.14. The van der Waals surface area contributed by atoms with Gasteiger partial charge in [0, 0.05) is 5.56 Å². The number of alkyl halides is 1. The molecular formula is C18H16BrFO5. The van der Waals surface area contributed by atoms with Crippen molar-refractivity contribution >= 4 is 28.0 Å². The van der Waals surface area contributed by atoms with Crippen LogP contribution in [-0.4, -0.2) is 33.4 Å². The summed E-state index contributed by atoms with van der Waals surface area (Å²) in [7, 11) is 4.30. The Morgan fingerprint density at radius 3 is 2.12 bits per heavy atom. The first-order chi connectivity index (χ1) is 12.0. The van der Waals surface area contributed by atoms with Crippen LogP contribution in [0.15, 0.2) is 30.3 Å². The zero-order valence-electron chi connectivity index (χ0n) is 13.8. The third kappa shape index (κ3) is 3.82. The second kappa shape index (κ2) is 8.11. The monoisotopic (exact) mass is 410 g/mol. The van der Waals surface area contributed by atoms with Crippen molar-refractivity contribution in [2.24, 2.45) is 0 Å². The van der Waals surface area contributed by atoms with Gasteiger partial charge >= 0.3 is 0 Å². The van der Waals surface area contributed by atoms with E-state index in [1.165, 1.54) is 45.6 Å². The number of ether oxygens (including phenoxy) is 3. The molecule has 0 N–H and O–H groups in total. The highest BCUT2D eigenvalue weighted by Gasteiger charge is 2.21. The maximum Gasteiger partial charge on any atom is 0.203 e. The minimum absolute atomic E-state index is 0.122. The normalized spacial score (nSPS) is 11.6. The van der Waals surface area contributed by atoms with Gasteiger partial charge in [0.2, 0.25) is 5.75 Å². The summed E-state index contributed by atoms with van der Waals surface area (Å²) in [6.45, 7) is 0. The number of methoxy groups -OCH3 is 3. The van der Waals surface area contributed by atoms with E-state index in [9.17, 15) is 14.0 Å². The first kappa shape index (κ1) is 18.9. The Morgan fingerprint density at radius 2 is 1.68 bits per heavy atom. The average Bonchev–Trinajstić information content (AvgIpc) is 2.65. The average molecular weight is 411 g/mol. The lowest BCUT2D eigenvalue weighted by Crippen LogP contribution is -2.07. The van der Waals surface area contributed by atoms with Crippen molar-refractivity contribution in [2.45, 2.75) is 4.83 Å². The van der Waals surface area contributed by atoms with Crippen LogP contribution in [0.5, 0.6) is 17.2 Å². The molecule has 0 aliphatic carbocycles. The van der Waals surface area contributed by atoms with Crippen molar-refractivity contribution in [2.75, 3.05) is 21.3 Å². The maximum absolute atomic E-state index is 14.3. The minimum Gasteiger partial charge on any atom is -0.493 e. The van der Waals surface area contributed by atoms with E-state index in [1.54, 1.807) is 0 Å². The van der Waals surface area contributed by atoms with Crippen LogP contribution in [0.25, 0.3) is 0 Å². The Hall–Kier alpha value is -2.41. The van der Waals surface area contributed by atoms with E-state index >= 15 is 0 Å². The van der Waals surface area contributed by atoms with Crippen molar-refractivity contribution in [3.05, 3.63) is 52.8 Å². The molecule has 0 saturated heterocycles. The Balaban J connectivity index is 2.49. The Morgan fingerprint density at radius 1 is 1.08 bits per heavy atom. The molecule has 0 aliphatic rings. The summed E-state index contributed by atoms with van der Waals surface area (Å²) in [4.78, 5) is 22.8. The second-order valence-electron chi connectivity index (χ2n) is 5.02.